The minimum absolute atomic E-state index is 0.120. The van der Waals surface area contributed by atoms with Crippen LogP contribution in [0.5, 0.6) is 0 Å². The zero-order valence-corrected chi connectivity index (χ0v) is 12.6. The van der Waals surface area contributed by atoms with Crippen LogP contribution in [0.25, 0.3) is 0 Å². The Hall–Kier alpha value is -1.42. The molecular formula is C15H22N2OS. The molecular weight excluding hydrogens is 256 g/mol. The monoisotopic (exact) mass is 278 g/mol. The second-order valence-corrected chi connectivity index (χ2v) is 5.47. The van der Waals surface area contributed by atoms with E-state index < -0.39 is 5.92 Å². The number of rotatable bonds is 6. The summed E-state index contributed by atoms with van der Waals surface area (Å²) in [5.41, 5.74) is 6.36. The molecule has 0 saturated heterocycles. The Balaban J connectivity index is 2.96. The Bertz CT molecular complexity index is 441. The van der Waals surface area contributed by atoms with E-state index in [1.165, 1.54) is 0 Å². The van der Waals surface area contributed by atoms with E-state index in [1.807, 2.05) is 37.3 Å². The molecule has 1 unspecified atom stereocenters. The van der Waals surface area contributed by atoms with Crippen molar-refractivity contribution in [3.8, 4) is 0 Å². The molecule has 0 fully saturated rings. The molecule has 4 heteroatoms. The highest BCUT2D eigenvalue weighted by atomic mass is 32.1. The molecule has 1 rings (SSSR count). The lowest BCUT2D eigenvalue weighted by Gasteiger charge is -2.30. The third-order valence-electron chi connectivity index (χ3n) is 3.67. The minimum Gasteiger partial charge on any atom is -0.392 e. The van der Waals surface area contributed by atoms with E-state index in [0.717, 1.165) is 18.4 Å². The molecule has 1 amide bonds. The van der Waals surface area contributed by atoms with Gasteiger partial charge < -0.3 is 11.1 Å². The second-order valence-electron chi connectivity index (χ2n) is 5.00. The van der Waals surface area contributed by atoms with Crippen LogP contribution in [0.4, 0.5) is 0 Å². The fourth-order valence-corrected chi connectivity index (χ4v) is 2.13. The van der Waals surface area contributed by atoms with Crippen molar-refractivity contribution in [1.29, 1.82) is 0 Å². The van der Waals surface area contributed by atoms with Gasteiger partial charge in [0.1, 0.15) is 5.92 Å². The maximum Gasteiger partial charge on any atom is 0.234 e. The molecule has 19 heavy (non-hydrogen) atoms. The molecule has 0 bridgehead atoms. The van der Waals surface area contributed by atoms with Crippen molar-refractivity contribution in [2.45, 2.75) is 45.1 Å². The van der Waals surface area contributed by atoms with E-state index in [1.54, 1.807) is 0 Å². The molecule has 0 aliphatic rings. The van der Waals surface area contributed by atoms with Crippen molar-refractivity contribution in [3.05, 3.63) is 35.9 Å². The van der Waals surface area contributed by atoms with E-state index in [4.69, 9.17) is 18.0 Å². The molecule has 0 heterocycles. The van der Waals surface area contributed by atoms with Gasteiger partial charge >= 0.3 is 0 Å². The lowest BCUT2D eigenvalue weighted by Crippen LogP contribution is -2.48. The molecule has 0 saturated carbocycles. The molecule has 1 aromatic rings. The summed E-state index contributed by atoms with van der Waals surface area (Å²) in [7, 11) is 0. The van der Waals surface area contributed by atoms with Gasteiger partial charge in [0.15, 0.2) is 0 Å². The number of nitrogens with two attached hydrogens (primary N) is 1. The third-order valence-corrected chi connectivity index (χ3v) is 3.90. The minimum atomic E-state index is -0.561. The van der Waals surface area contributed by atoms with E-state index in [2.05, 4.69) is 19.2 Å². The Morgan fingerprint density at radius 1 is 1.32 bits per heavy atom. The van der Waals surface area contributed by atoms with Crippen LogP contribution in [0.2, 0.25) is 0 Å². The number of amides is 1. The predicted octanol–water partition coefficient (Wildman–Crippen LogP) is 2.75. The standard InChI is InChI=1S/C15H22N2OS/c1-4-15(3,5-2)17-14(18)12(13(16)19)11-9-7-6-8-10-11/h6-10,12H,4-5H2,1-3H3,(H2,16,19)(H,17,18). The molecule has 0 radical (unpaired) electrons. The molecule has 3 nitrogen and oxygen atoms in total. The van der Waals surface area contributed by atoms with Crippen LogP contribution in [0.3, 0.4) is 0 Å². The van der Waals surface area contributed by atoms with E-state index in [-0.39, 0.29) is 16.4 Å². The van der Waals surface area contributed by atoms with Crippen molar-refractivity contribution in [2.24, 2.45) is 5.73 Å². The SMILES string of the molecule is CCC(C)(CC)NC(=O)C(C(N)=S)c1ccccc1. The fraction of sp³-hybridized carbons (Fsp3) is 0.467. The number of hydrogen-bond donors (Lipinski definition) is 2. The van der Waals surface area contributed by atoms with Crippen LogP contribution in [-0.2, 0) is 4.79 Å². The molecule has 104 valence electrons. The summed E-state index contributed by atoms with van der Waals surface area (Å²) in [4.78, 5) is 12.6. The van der Waals surface area contributed by atoms with Gasteiger partial charge in [0, 0.05) is 5.54 Å². The second kappa shape index (κ2) is 6.66. The van der Waals surface area contributed by atoms with Crippen molar-refractivity contribution in [3.63, 3.8) is 0 Å². The first-order chi connectivity index (χ1) is 8.93. The summed E-state index contributed by atoms with van der Waals surface area (Å²) in [6, 6.07) is 9.41. The van der Waals surface area contributed by atoms with Gasteiger partial charge in [-0.25, -0.2) is 0 Å². The normalized spacial score (nSPS) is 12.8. The van der Waals surface area contributed by atoms with Gasteiger partial charge in [-0.15, -0.1) is 0 Å². The Kier molecular flexibility index (Phi) is 5.48. The maximum atomic E-state index is 12.4. The lowest BCUT2D eigenvalue weighted by atomic mass is 9.92. The maximum absolute atomic E-state index is 12.4. The van der Waals surface area contributed by atoms with Crippen LogP contribution < -0.4 is 11.1 Å². The van der Waals surface area contributed by atoms with Crippen LogP contribution in [0.15, 0.2) is 30.3 Å². The molecule has 1 atom stereocenters. The molecule has 0 aliphatic heterocycles. The van der Waals surface area contributed by atoms with Crippen molar-refractivity contribution in [2.75, 3.05) is 0 Å². The Labute approximate surface area is 120 Å². The summed E-state index contributed by atoms with van der Waals surface area (Å²) < 4.78 is 0. The number of hydrogen-bond acceptors (Lipinski definition) is 2. The summed E-state index contributed by atoms with van der Waals surface area (Å²) in [5.74, 6) is -0.682. The number of carbonyl (C=O) groups is 1. The number of nitrogens with one attached hydrogen (secondary N) is 1. The summed E-state index contributed by atoms with van der Waals surface area (Å²) in [5, 5.41) is 3.07. The van der Waals surface area contributed by atoms with Gasteiger partial charge in [0.2, 0.25) is 5.91 Å². The number of thiocarbonyl (C=S) groups is 1. The highest BCUT2D eigenvalue weighted by Gasteiger charge is 2.29. The van der Waals surface area contributed by atoms with Gasteiger partial charge in [-0.3, -0.25) is 4.79 Å². The first-order valence-corrected chi connectivity index (χ1v) is 7.00. The molecule has 1 aromatic carbocycles. The van der Waals surface area contributed by atoms with Crippen LogP contribution in [0, 0.1) is 0 Å². The predicted molar refractivity (Wildman–Crippen MR) is 83.1 cm³/mol. The lowest BCUT2D eigenvalue weighted by molar-refractivity contribution is -0.123. The topological polar surface area (TPSA) is 55.1 Å². The molecule has 0 aromatic heterocycles. The quantitative estimate of drug-likeness (QED) is 0.787. The van der Waals surface area contributed by atoms with Crippen molar-refractivity contribution >= 4 is 23.1 Å². The largest absolute Gasteiger partial charge is 0.392 e. The molecule has 0 spiro atoms. The summed E-state index contributed by atoms with van der Waals surface area (Å²) >= 11 is 5.05. The van der Waals surface area contributed by atoms with E-state index in [9.17, 15) is 4.79 Å². The van der Waals surface area contributed by atoms with Gasteiger partial charge in [0.25, 0.3) is 0 Å². The van der Waals surface area contributed by atoms with Crippen LogP contribution >= 0.6 is 12.2 Å². The first kappa shape index (κ1) is 15.6. The van der Waals surface area contributed by atoms with Gasteiger partial charge in [-0.05, 0) is 25.3 Å². The van der Waals surface area contributed by atoms with Crippen LogP contribution in [0.1, 0.15) is 45.1 Å². The Morgan fingerprint density at radius 2 is 1.84 bits per heavy atom. The van der Waals surface area contributed by atoms with Crippen molar-refractivity contribution < 1.29 is 4.79 Å². The zero-order chi connectivity index (χ0) is 14.5. The highest BCUT2D eigenvalue weighted by Crippen LogP contribution is 2.20. The third kappa shape index (κ3) is 4.03. The molecule has 3 N–H and O–H groups in total. The van der Waals surface area contributed by atoms with Gasteiger partial charge in [-0.1, -0.05) is 56.4 Å². The van der Waals surface area contributed by atoms with Crippen LogP contribution in [-0.4, -0.2) is 16.4 Å². The molecule has 0 aliphatic carbocycles. The first-order valence-electron chi connectivity index (χ1n) is 6.59. The Morgan fingerprint density at radius 3 is 2.26 bits per heavy atom. The summed E-state index contributed by atoms with van der Waals surface area (Å²) in [6.07, 6.45) is 1.74. The van der Waals surface area contributed by atoms with Crippen molar-refractivity contribution in [1.82, 2.24) is 5.32 Å². The average Bonchev–Trinajstić information content (AvgIpc) is 2.39. The highest BCUT2D eigenvalue weighted by molar-refractivity contribution is 7.80. The van der Waals surface area contributed by atoms with E-state index in [0.29, 0.717) is 0 Å². The van der Waals surface area contributed by atoms with Gasteiger partial charge in [-0.2, -0.15) is 0 Å². The number of benzene rings is 1. The summed E-state index contributed by atoms with van der Waals surface area (Å²) in [6.45, 7) is 6.15. The smallest absolute Gasteiger partial charge is 0.234 e. The average molecular weight is 278 g/mol. The zero-order valence-electron chi connectivity index (χ0n) is 11.8. The van der Waals surface area contributed by atoms with E-state index >= 15 is 0 Å². The fourth-order valence-electron chi connectivity index (χ4n) is 1.89. The number of carbonyl (C=O) groups excluding carboxylic acids is 1. The van der Waals surface area contributed by atoms with Gasteiger partial charge in [0.05, 0.1) is 4.99 Å².